The summed E-state index contributed by atoms with van der Waals surface area (Å²) in [6.45, 7) is -0.248. The Hall–Kier alpha value is -1.71. The molecule has 0 radical (unpaired) electrons. The molecule has 21 heavy (non-hydrogen) atoms. The lowest BCUT2D eigenvalue weighted by molar-refractivity contribution is -0.122. The average molecular weight is 331 g/mol. The number of rotatable bonds is 8. The number of nitrogens with two attached hydrogens (primary N) is 1. The van der Waals surface area contributed by atoms with Gasteiger partial charge in [-0.2, -0.15) is 0 Å². The van der Waals surface area contributed by atoms with E-state index in [0.717, 1.165) is 0 Å². The largest absolute Gasteiger partial charge is 0.483 e. The smallest absolute Gasteiger partial charge is 0.257 e. The van der Waals surface area contributed by atoms with E-state index >= 15 is 0 Å². The zero-order chi connectivity index (χ0) is 15.9. The predicted octanol–water partition coefficient (Wildman–Crippen LogP) is -0.635. The maximum Gasteiger partial charge on any atom is 0.257 e. The van der Waals surface area contributed by atoms with E-state index in [1.54, 1.807) is 24.3 Å². The summed E-state index contributed by atoms with van der Waals surface area (Å²) in [5.74, 6) is -0.222. The summed E-state index contributed by atoms with van der Waals surface area (Å²) in [5.41, 5.74) is 6.08. The van der Waals surface area contributed by atoms with Crippen molar-refractivity contribution in [3.8, 4) is 5.75 Å². The van der Waals surface area contributed by atoms with E-state index in [1.165, 1.54) is 7.05 Å². The van der Waals surface area contributed by atoms with Crippen molar-refractivity contribution in [2.75, 3.05) is 26.0 Å². The van der Waals surface area contributed by atoms with E-state index < -0.39 is 15.9 Å². The fourth-order valence-corrected chi connectivity index (χ4v) is 2.16. The Morgan fingerprint density at radius 2 is 2.05 bits per heavy atom. The number of hydrogen-bond donors (Lipinski definition) is 3. The van der Waals surface area contributed by atoms with Crippen LogP contribution in [0.2, 0.25) is 0 Å². The highest BCUT2D eigenvalue weighted by Crippen LogP contribution is 2.17. The highest BCUT2D eigenvalue weighted by Gasteiger charge is 2.10. The molecule has 0 bridgehead atoms. The molecule has 4 N–H and O–H groups in total. The Bertz CT molecular complexity index is 617. The van der Waals surface area contributed by atoms with Gasteiger partial charge in [-0.25, -0.2) is 13.1 Å². The SMILES string of the molecule is CNS(=O)(=O)CCNC(=O)COc1ccccc1C(N)=S. The zero-order valence-corrected chi connectivity index (χ0v) is 13.1. The molecule has 1 aromatic rings. The normalized spacial score (nSPS) is 10.9. The van der Waals surface area contributed by atoms with Crippen molar-refractivity contribution in [3.05, 3.63) is 29.8 Å². The summed E-state index contributed by atoms with van der Waals surface area (Å²) in [6.07, 6.45) is 0. The molecule has 0 aromatic heterocycles. The molecule has 0 fully saturated rings. The van der Waals surface area contributed by atoms with Crippen LogP contribution in [-0.4, -0.2) is 45.3 Å². The molecule has 1 aromatic carbocycles. The topological polar surface area (TPSA) is 111 Å². The lowest BCUT2D eigenvalue weighted by atomic mass is 10.2. The van der Waals surface area contributed by atoms with Crippen LogP contribution in [0.15, 0.2) is 24.3 Å². The van der Waals surface area contributed by atoms with E-state index in [0.29, 0.717) is 11.3 Å². The second kappa shape index (κ2) is 7.91. The van der Waals surface area contributed by atoms with Crippen LogP contribution >= 0.6 is 12.2 Å². The first-order chi connectivity index (χ1) is 9.85. The van der Waals surface area contributed by atoms with Crippen LogP contribution < -0.4 is 20.5 Å². The van der Waals surface area contributed by atoms with E-state index in [-0.39, 0.29) is 23.9 Å². The predicted molar refractivity (Wildman–Crippen MR) is 83.7 cm³/mol. The Kier molecular flexibility index (Phi) is 6.53. The van der Waals surface area contributed by atoms with Crippen molar-refractivity contribution in [3.63, 3.8) is 0 Å². The van der Waals surface area contributed by atoms with Crippen LogP contribution in [0, 0.1) is 0 Å². The van der Waals surface area contributed by atoms with Crippen LogP contribution in [0.1, 0.15) is 5.56 Å². The van der Waals surface area contributed by atoms with Crippen molar-refractivity contribution in [1.29, 1.82) is 0 Å². The number of para-hydroxylation sites is 1. The summed E-state index contributed by atoms with van der Waals surface area (Å²) in [5, 5.41) is 2.44. The standard InChI is InChI=1S/C12H17N3O4S2/c1-14-21(17,18)7-6-15-11(16)8-19-10-5-3-2-4-9(10)12(13)20/h2-5,14H,6-8H2,1H3,(H2,13,20)(H,15,16). The number of thiocarbonyl (C=S) groups is 1. The maximum absolute atomic E-state index is 11.6. The van der Waals surface area contributed by atoms with E-state index in [2.05, 4.69) is 10.0 Å². The summed E-state index contributed by atoms with van der Waals surface area (Å²) >= 11 is 4.88. The molecule has 0 spiro atoms. The van der Waals surface area contributed by atoms with Gasteiger partial charge in [-0.05, 0) is 19.2 Å². The molecule has 0 unspecified atom stereocenters. The molecule has 1 amide bonds. The summed E-state index contributed by atoms with van der Waals surface area (Å²) in [6, 6.07) is 6.82. The van der Waals surface area contributed by atoms with Crippen molar-refractivity contribution >= 4 is 33.1 Å². The second-order valence-corrected chi connectivity index (χ2v) is 6.51. The molecule has 0 atom stereocenters. The third-order valence-electron chi connectivity index (χ3n) is 2.52. The van der Waals surface area contributed by atoms with Gasteiger partial charge in [-0.3, -0.25) is 4.79 Å². The number of sulfonamides is 1. The minimum absolute atomic E-state index is 0.00230. The molecule has 1 rings (SSSR count). The van der Waals surface area contributed by atoms with Crippen LogP contribution in [0.3, 0.4) is 0 Å². The Labute approximate surface area is 128 Å². The van der Waals surface area contributed by atoms with E-state index in [1.807, 2.05) is 0 Å². The fraction of sp³-hybridized carbons (Fsp3) is 0.333. The second-order valence-electron chi connectivity index (χ2n) is 4.02. The van der Waals surface area contributed by atoms with E-state index in [9.17, 15) is 13.2 Å². The number of hydrogen-bond acceptors (Lipinski definition) is 5. The number of benzene rings is 1. The lowest BCUT2D eigenvalue weighted by Crippen LogP contribution is -2.35. The Morgan fingerprint density at radius 3 is 2.67 bits per heavy atom. The molecule has 0 saturated heterocycles. The molecule has 0 heterocycles. The first kappa shape index (κ1) is 17.3. The van der Waals surface area contributed by atoms with Gasteiger partial charge in [0, 0.05) is 6.54 Å². The first-order valence-electron chi connectivity index (χ1n) is 6.05. The van der Waals surface area contributed by atoms with Gasteiger partial charge in [-0.15, -0.1) is 0 Å². The average Bonchev–Trinajstić information content (AvgIpc) is 2.45. The molecule has 7 nitrogen and oxygen atoms in total. The van der Waals surface area contributed by atoms with Gasteiger partial charge >= 0.3 is 0 Å². The molecule has 0 aliphatic heterocycles. The van der Waals surface area contributed by atoms with Crippen molar-refractivity contribution < 1.29 is 17.9 Å². The van der Waals surface area contributed by atoms with Crippen LogP contribution in [-0.2, 0) is 14.8 Å². The van der Waals surface area contributed by atoms with Crippen LogP contribution in [0.25, 0.3) is 0 Å². The number of ether oxygens (including phenoxy) is 1. The molecule has 9 heteroatoms. The number of nitrogens with one attached hydrogen (secondary N) is 2. The first-order valence-corrected chi connectivity index (χ1v) is 8.11. The Balaban J connectivity index is 2.46. The highest BCUT2D eigenvalue weighted by atomic mass is 32.2. The van der Waals surface area contributed by atoms with E-state index in [4.69, 9.17) is 22.7 Å². The third-order valence-corrected chi connectivity index (χ3v) is 4.10. The van der Waals surface area contributed by atoms with Crippen LogP contribution in [0.5, 0.6) is 5.75 Å². The fourth-order valence-electron chi connectivity index (χ4n) is 1.42. The van der Waals surface area contributed by atoms with Gasteiger partial charge in [0.25, 0.3) is 5.91 Å². The van der Waals surface area contributed by atoms with Crippen molar-refractivity contribution in [1.82, 2.24) is 10.0 Å². The summed E-state index contributed by atoms with van der Waals surface area (Å²) < 4.78 is 29.8. The van der Waals surface area contributed by atoms with Crippen molar-refractivity contribution in [2.45, 2.75) is 0 Å². The highest BCUT2D eigenvalue weighted by molar-refractivity contribution is 7.89. The minimum atomic E-state index is -3.34. The van der Waals surface area contributed by atoms with Crippen molar-refractivity contribution in [2.24, 2.45) is 5.73 Å². The monoisotopic (exact) mass is 331 g/mol. The summed E-state index contributed by atoms with van der Waals surface area (Å²) in [4.78, 5) is 11.7. The molecule has 0 saturated carbocycles. The molecular formula is C12H17N3O4S2. The minimum Gasteiger partial charge on any atom is -0.483 e. The quantitative estimate of drug-likeness (QED) is 0.547. The molecule has 0 aliphatic carbocycles. The number of carbonyl (C=O) groups excluding carboxylic acids is 1. The van der Waals surface area contributed by atoms with Gasteiger partial charge in [-0.1, -0.05) is 24.4 Å². The molecule has 0 aliphatic rings. The molecule has 116 valence electrons. The van der Waals surface area contributed by atoms with Gasteiger partial charge in [0.2, 0.25) is 10.0 Å². The van der Waals surface area contributed by atoms with Gasteiger partial charge in [0.15, 0.2) is 6.61 Å². The zero-order valence-electron chi connectivity index (χ0n) is 11.5. The Morgan fingerprint density at radius 1 is 1.38 bits per heavy atom. The van der Waals surface area contributed by atoms with Gasteiger partial charge in [0.05, 0.1) is 11.3 Å². The number of amides is 1. The molecular weight excluding hydrogens is 314 g/mol. The number of carbonyl (C=O) groups is 1. The summed E-state index contributed by atoms with van der Waals surface area (Å²) in [7, 11) is -2.03. The van der Waals surface area contributed by atoms with Crippen LogP contribution in [0.4, 0.5) is 0 Å². The van der Waals surface area contributed by atoms with Gasteiger partial charge in [0.1, 0.15) is 10.7 Å². The van der Waals surface area contributed by atoms with Gasteiger partial charge < -0.3 is 15.8 Å². The maximum atomic E-state index is 11.6. The third kappa shape index (κ3) is 6.06. The lowest BCUT2D eigenvalue weighted by Gasteiger charge is -2.10.